The van der Waals surface area contributed by atoms with Gasteiger partial charge in [-0.05, 0) is 18.1 Å². The van der Waals surface area contributed by atoms with Crippen LogP contribution in [0.15, 0.2) is 35.1 Å². The second-order valence-corrected chi connectivity index (χ2v) is 5.81. The molecule has 4 nitrogen and oxygen atoms in total. The molecular formula is C14H15BrN2O2. The summed E-state index contributed by atoms with van der Waals surface area (Å²) in [5.74, 6) is 0.516. The van der Waals surface area contributed by atoms with Crippen LogP contribution in [0.1, 0.15) is 19.4 Å². The van der Waals surface area contributed by atoms with Crippen LogP contribution in [0.4, 0.5) is 0 Å². The van der Waals surface area contributed by atoms with E-state index in [0.29, 0.717) is 5.92 Å². The number of rotatable bonds is 4. The summed E-state index contributed by atoms with van der Waals surface area (Å²) < 4.78 is 3.15. The Kier molecular flexibility index (Phi) is 4.04. The Hall–Kier alpha value is -1.62. The zero-order chi connectivity index (χ0) is 14.0. The first-order valence-electron chi connectivity index (χ1n) is 6.07. The highest BCUT2D eigenvalue weighted by atomic mass is 79.9. The first-order chi connectivity index (χ1) is 8.97. The number of fused-ring (bicyclic) bond motifs is 1. The summed E-state index contributed by atoms with van der Waals surface area (Å²) in [7, 11) is 0. The van der Waals surface area contributed by atoms with Gasteiger partial charge in [0.25, 0.3) is 0 Å². The minimum absolute atomic E-state index is 0.440. The van der Waals surface area contributed by atoms with Crippen molar-refractivity contribution in [3.05, 3.63) is 50.7 Å². The molecule has 0 fully saturated rings. The van der Waals surface area contributed by atoms with Crippen LogP contribution >= 0.6 is 15.9 Å². The lowest BCUT2D eigenvalue weighted by Gasteiger charge is -2.08. The average molecular weight is 323 g/mol. The molecule has 1 aromatic carbocycles. The van der Waals surface area contributed by atoms with E-state index in [1.165, 1.54) is 0 Å². The Bertz CT molecular complexity index is 644. The standard InChI is InChI=1S/C14H15BrN2O2/c1-10(2)8-16-9-11(5-6-17(18)19)13-4-3-12(15)7-14(13)16/h3-7,9-10H,8H2,1-2H3/b6-5+. The number of hydrogen-bond acceptors (Lipinski definition) is 2. The van der Waals surface area contributed by atoms with Gasteiger partial charge in [-0.2, -0.15) is 0 Å². The quantitative estimate of drug-likeness (QED) is 0.622. The number of hydrogen-bond donors (Lipinski definition) is 0. The van der Waals surface area contributed by atoms with Gasteiger partial charge in [0.05, 0.1) is 4.92 Å². The third-order valence-electron chi connectivity index (χ3n) is 2.81. The van der Waals surface area contributed by atoms with E-state index in [1.807, 2.05) is 24.4 Å². The summed E-state index contributed by atoms with van der Waals surface area (Å²) in [5, 5.41) is 11.5. The van der Waals surface area contributed by atoms with Crippen LogP contribution in [0, 0.1) is 16.0 Å². The number of nitrogens with zero attached hydrogens (tertiary/aromatic N) is 2. The zero-order valence-corrected chi connectivity index (χ0v) is 12.4. The predicted molar refractivity (Wildman–Crippen MR) is 80.5 cm³/mol. The van der Waals surface area contributed by atoms with Crippen LogP contribution < -0.4 is 0 Å². The summed E-state index contributed by atoms with van der Waals surface area (Å²) in [6, 6.07) is 5.97. The molecule has 0 atom stereocenters. The second kappa shape index (κ2) is 5.57. The third kappa shape index (κ3) is 3.23. The Morgan fingerprint density at radius 2 is 2.21 bits per heavy atom. The highest BCUT2D eigenvalue weighted by Crippen LogP contribution is 2.26. The molecule has 100 valence electrons. The Balaban J connectivity index is 2.56. The van der Waals surface area contributed by atoms with E-state index in [4.69, 9.17) is 0 Å². The molecule has 2 aromatic rings. The Morgan fingerprint density at radius 1 is 1.47 bits per heavy atom. The minimum Gasteiger partial charge on any atom is -0.347 e. The van der Waals surface area contributed by atoms with Crippen LogP contribution in [0.2, 0.25) is 0 Å². The van der Waals surface area contributed by atoms with Crippen molar-refractivity contribution in [2.75, 3.05) is 0 Å². The van der Waals surface area contributed by atoms with E-state index in [2.05, 4.69) is 34.3 Å². The molecule has 1 heterocycles. The van der Waals surface area contributed by atoms with Crippen molar-refractivity contribution >= 4 is 32.9 Å². The van der Waals surface area contributed by atoms with E-state index in [-0.39, 0.29) is 0 Å². The molecule has 0 saturated heterocycles. The lowest BCUT2D eigenvalue weighted by Crippen LogP contribution is -2.02. The van der Waals surface area contributed by atoms with Crippen molar-refractivity contribution < 1.29 is 4.92 Å². The zero-order valence-electron chi connectivity index (χ0n) is 10.8. The van der Waals surface area contributed by atoms with Crippen LogP contribution in [-0.4, -0.2) is 9.49 Å². The summed E-state index contributed by atoms with van der Waals surface area (Å²) >= 11 is 3.46. The lowest BCUT2D eigenvalue weighted by molar-refractivity contribution is -0.400. The van der Waals surface area contributed by atoms with Gasteiger partial charge in [0.1, 0.15) is 0 Å². The van der Waals surface area contributed by atoms with Crippen molar-refractivity contribution in [2.24, 2.45) is 5.92 Å². The monoisotopic (exact) mass is 322 g/mol. The van der Waals surface area contributed by atoms with Crippen molar-refractivity contribution in [1.82, 2.24) is 4.57 Å². The van der Waals surface area contributed by atoms with Crippen molar-refractivity contribution in [1.29, 1.82) is 0 Å². The fourth-order valence-corrected chi connectivity index (χ4v) is 2.46. The van der Waals surface area contributed by atoms with Gasteiger partial charge in [-0.1, -0.05) is 35.8 Å². The summed E-state index contributed by atoms with van der Waals surface area (Å²) in [5.41, 5.74) is 1.96. The molecule has 0 spiro atoms. The molecule has 1 aromatic heterocycles. The topological polar surface area (TPSA) is 48.1 Å². The van der Waals surface area contributed by atoms with Gasteiger partial charge in [0.2, 0.25) is 6.20 Å². The van der Waals surface area contributed by atoms with Gasteiger partial charge in [-0.15, -0.1) is 0 Å². The number of aromatic nitrogens is 1. The summed E-state index contributed by atoms with van der Waals surface area (Å²) in [6.45, 7) is 5.19. The highest BCUT2D eigenvalue weighted by molar-refractivity contribution is 9.10. The molecule has 5 heteroatoms. The highest BCUT2D eigenvalue weighted by Gasteiger charge is 2.09. The largest absolute Gasteiger partial charge is 0.347 e. The molecule has 0 saturated carbocycles. The van der Waals surface area contributed by atoms with Crippen LogP contribution in [0.3, 0.4) is 0 Å². The molecule has 2 rings (SSSR count). The fourth-order valence-electron chi connectivity index (χ4n) is 2.11. The van der Waals surface area contributed by atoms with Crippen molar-refractivity contribution in [2.45, 2.75) is 20.4 Å². The molecule has 0 aliphatic rings. The predicted octanol–water partition coefficient (Wildman–Crippen LogP) is 4.31. The van der Waals surface area contributed by atoms with Gasteiger partial charge in [-0.25, -0.2) is 0 Å². The van der Waals surface area contributed by atoms with E-state index >= 15 is 0 Å². The van der Waals surface area contributed by atoms with Gasteiger partial charge in [-0.3, -0.25) is 10.1 Å². The molecule has 0 N–H and O–H groups in total. The van der Waals surface area contributed by atoms with E-state index < -0.39 is 4.92 Å². The lowest BCUT2D eigenvalue weighted by atomic mass is 10.2. The molecule has 0 aliphatic carbocycles. The molecule has 0 radical (unpaired) electrons. The van der Waals surface area contributed by atoms with E-state index in [0.717, 1.165) is 33.7 Å². The normalized spacial score (nSPS) is 11.8. The summed E-state index contributed by atoms with van der Waals surface area (Å²) in [6.07, 6.45) is 4.50. The second-order valence-electron chi connectivity index (χ2n) is 4.89. The van der Waals surface area contributed by atoms with E-state index in [9.17, 15) is 10.1 Å². The minimum atomic E-state index is -0.440. The first-order valence-corrected chi connectivity index (χ1v) is 6.87. The molecule has 0 amide bonds. The molecule has 19 heavy (non-hydrogen) atoms. The van der Waals surface area contributed by atoms with Crippen LogP contribution in [0.25, 0.3) is 17.0 Å². The van der Waals surface area contributed by atoms with Gasteiger partial charge in [0.15, 0.2) is 0 Å². The summed E-state index contributed by atoms with van der Waals surface area (Å²) in [4.78, 5) is 10.0. The van der Waals surface area contributed by atoms with E-state index in [1.54, 1.807) is 6.08 Å². The van der Waals surface area contributed by atoms with Crippen molar-refractivity contribution in [3.63, 3.8) is 0 Å². The van der Waals surface area contributed by atoms with Crippen LogP contribution in [0.5, 0.6) is 0 Å². The van der Waals surface area contributed by atoms with Gasteiger partial charge < -0.3 is 4.57 Å². The SMILES string of the molecule is CC(C)Cn1cc(/C=C/[N+](=O)[O-])c2ccc(Br)cc21. The molecule has 0 aliphatic heterocycles. The maximum atomic E-state index is 10.5. The smallest absolute Gasteiger partial charge is 0.235 e. The maximum Gasteiger partial charge on any atom is 0.235 e. The van der Waals surface area contributed by atoms with Gasteiger partial charge >= 0.3 is 0 Å². The van der Waals surface area contributed by atoms with Crippen molar-refractivity contribution in [3.8, 4) is 0 Å². The molecule has 0 unspecified atom stereocenters. The fraction of sp³-hybridized carbons (Fsp3) is 0.286. The number of halogens is 1. The van der Waals surface area contributed by atoms with Gasteiger partial charge in [0, 0.05) is 39.8 Å². The molecular weight excluding hydrogens is 308 g/mol. The average Bonchev–Trinajstić information content (AvgIpc) is 2.63. The maximum absolute atomic E-state index is 10.5. The van der Waals surface area contributed by atoms with Crippen LogP contribution in [-0.2, 0) is 6.54 Å². The Labute approximate surface area is 120 Å². The third-order valence-corrected chi connectivity index (χ3v) is 3.31. The number of nitro groups is 1. The first kappa shape index (κ1) is 13.8. The Morgan fingerprint density at radius 3 is 2.84 bits per heavy atom. The number of benzene rings is 1. The molecule has 0 bridgehead atoms.